The number of carbonyl (C=O) groups excluding carboxylic acids is 2. The van der Waals surface area contributed by atoms with E-state index >= 15 is 0 Å². The molecule has 4 aromatic rings. The number of pyridine rings is 1. The molecular formula is C44H53N7O4. The van der Waals surface area contributed by atoms with Crippen LogP contribution in [0.2, 0.25) is 0 Å². The van der Waals surface area contributed by atoms with E-state index in [1.165, 1.54) is 32.1 Å². The van der Waals surface area contributed by atoms with E-state index in [9.17, 15) is 14.4 Å². The Bertz CT molecular complexity index is 2180. The summed E-state index contributed by atoms with van der Waals surface area (Å²) in [5, 5.41) is 7.07. The number of anilines is 4. The van der Waals surface area contributed by atoms with Crippen molar-refractivity contribution in [3.05, 3.63) is 70.6 Å². The summed E-state index contributed by atoms with van der Waals surface area (Å²) in [6.07, 6.45) is 10.7. The third-order valence-electron chi connectivity index (χ3n) is 13.2. The molecule has 2 aromatic carbocycles. The molecule has 2 aliphatic heterocycles. The molecule has 4 atom stereocenters. The molecule has 5 fully saturated rings. The Hall–Kier alpha value is -4.93. The number of nitrogens with zero attached hydrogens (tertiary/aromatic N) is 5. The van der Waals surface area contributed by atoms with Crippen LogP contribution in [0.1, 0.15) is 70.8 Å². The van der Waals surface area contributed by atoms with E-state index in [2.05, 4.69) is 51.4 Å². The third-order valence-corrected chi connectivity index (χ3v) is 13.2. The van der Waals surface area contributed by atoms with Crippen LogP contribution in [0.4, 0.5) is 23.0 Å². The van der Waals surface area contributed by atoms with Gasteiger partial charge in [0.05, 0.1) is 18.5 Å². The van der Waals surface area contributed by atoms with E-state index in [0.717, 1.165) is 73.4 Å². The molecule has 2 aromatic heterocycles. The van der Waals surface area contributed by atoms with Crippen LogP contribution >= 0.6 is 0 Å². The summed E-state index contributed by atoms with van der Waals surface area (Å²) in [6.45, 7) is 10.2. The standard InChI is InChI=1S/C44H53N7O4/c1-26-12-28-15-29(13-26)19-44(3,18-28)20-40(53)50-24-31-22-49(23-32(31)25-50)34-10-11-37(38(17-34)55-4)47-43-45-21-36-27(2)14-39(52)51(41(36)48-43)35-7-5-6-33(16-35)46-42(54)30-8-9-30/h5-7,10-11,14,16-17,21,26,28-32H,8-9,12-13,15,18-20,22-25H2,1-4H3,(H,46,54)(H,45,47,48). The topological polar surface area (TPSA) is 122 Å². The van der Waals surface area contributed by atoms with Crippen molar-refractivity contribution in [2.75, 3.05) is 48.8 Å². The van der Waals surface area contributed by atoms with Crippen molar-refractivity contribution in [2.24, 2.45) is 40.9 Å². The number of likely N-dealkylation sites (tertiary alicyclic amines) is 1. The number of fused-ring (bicyclic) bond motifs is 4. The number of ether oxygens (including phenoxy) is 1. The van der Waals surface area contributed by atoms with Crippen molar-refractivity contribution in [1.82, 2.24) is 19.4 Å². The maximum absolute atomic E-state index is 13.7. The Kier molecular flexibility index (Phi) is 9.09. The second kappa shape index (κ2) is 14.0. The van der Waals surface area contributed by atoms with E-state index in [0.29, 0.717) is 58.6 Å². The summed E-state index contributed by atoms with van der Waals surface area (Å²) in [7, 11) is 1.66. The Balaban J connectivity index is 0.878. The molecule has 2 N–H and O–H groups in total. The van der Waals surface area contributed by atoms with Gasteiger partial charge in [0.15, 0.2) is 5.65 Å². The molecule has 4 heterocycles. The Morgan fingerprint density at radius 1 is 0.945 bits per heavy atom. The molecular weight excluding hydrogens is 691 g/mol. The highest BCUT2D eigenvalue weighted by Gasteiger charge is 2.45. The van der Waals surface area contributed by atoms with Gasteiger partial charge in [0, 0.05) is 85.4 Å². The average Bonchev–Trinajstić information content (AvgIpc) is 3.80. The highest BCUT2D eigenvalue weighted by Crippen LogP contribution is 2.52. The zero-order valence-electron chi connectivity index (χ0n) is 32.5. The van der Waals surface area contributed by atoms with Gasteiger partial charge in [-0.15, -0.1) is 0 Å². The lowest BCUT2D eigenvalue weighted by Crippen LogP contribution is -2.41. The predicted octanol–water partition coefficient (Wildman–Crippen LogP) is 7.33. The number of carbonyl (C=O) groups is 2. The first-order valence-electron chi connectivity index (χ1n) is 20.3. The van der Waals surface area contributed by atoms with E-state index < -0.39 is 0 Å². The predicted molar refractivity (Wildman–Crippen MR) is 215 cm³/mol. The summed E-state index contributed by atoms with van der Waals surface area (Å²) in [6, 6.07) is 15.0. The van der Waals surface area contributed by atoms with Gasteiger partial charge in [0.25, 0.3) is 5.56 Å². The second-order valence-corrected chi connectivity index (χ2v) is 17.9. The van der Waals surface area contributed by atoms with Gasteiger partial charge in [-0.1, -0.05) is 19.9 Å². The smallest absolute Gasteiger partial charge is 0.257 e. The van der Waals surface area contributed by atoms with Gasteiger partial charge in [0.2, 0.25) is 17.8 Å². The Morgan fingerprint density at radius 2 is 1.69 bits per heavy atom. The number of amides is 2. The molecule has 11 heteroatoms. The van der Waals surface area contributed by atoms with Crippen LogP contribution in [0.15, 0.2) is 59.5 Å². The first kappa shape index (κ1) is 35.8. The van der Waals surface area contributed by atoms with Crippen LogP contribution in [0, 0.1) is 47.8 Å². The maximum atomic E-state index is 13.7. The van der Waals surface area contributed by atoms with Gasteiger partial charge in [-0.3, -0.25) is 19.0 Å². The first-order valence-corrected chi connectivity index (χ1v) is 20.3. The van der Waals surface area contributed by atoms with Crippen LogP contribution in [0.5, 0.6) is 5.75 Å². The number of hydrogen-bond donors (Lipinski definition) is 2. The molecule has 3 aliphatic carbocycles. The fraction of sp³-hybridized carbons (Fsp3) is 0.523. The second-order valence-electron chi connectivity index (χ2n) is 17.9. The molecule has 2 saturated heterocycles. The lowest BCUT2D eigenvalue weighted by Gasteiger charge is -2.47. The van der Waals surface area contributed by atoms with Crippen molar-refractivity contribution < 1.29 is 14.3 Å². The van der Waals surface area contributed by atoms with Crippen molar-refractivity contribution in [3.63, 3.8) is 0 Å². The molecule has 11 nitrogen and oxygen atoms in total. The minimum Gasteiger partial charge on any atom is -0.494 e. The molecule has 5 aliphatic rings. The molecule has 288 valence electrons. The molecule has 0 radical (unpaired) electrons. The summed E-state index contributed by atoms with van der Waals surface area (Å²) >= 11 is 0. The van der Waals surface area contributed by atoms with Crippen LogP contribution in [0.3, 0.4) is 0 Å². The molecule has 2 bridgehead atoms. The molecule has 4 unspecified atom stereocenters. The van der Waals surface area contributed by atoms with Gasteiger partial charge in [0.1, 0.15) is 5.75 Å². The number of hydrogen-bond acceptors (Lipinski definition) is 8. The maximum Gasteiger partial charge on any atom is 0.257 e. The largest absolute Gasteiger partial charge is 0.494 e. The minimum atomic E-state index is -0.222. The van der Waals surface area contributed by atoms with E-state index in [1.54, 1.807) is 30.0 Å². The summed E-state index contributed by atoms with van der Waals surface area (Å²) in [5.41, 5.74) is 4.21. The highest BCUT2D eigenvalue weighted by molar-refractivity contribution is 5.94. The highest BCUT2D eigenvalue weighted by atomic mass is 16.5. The zero-order valence-corrected chi connectivity index (χ0v) is 32.5. The van der Waals surface area contributed by atoms with E-state index in [-0.39, 0.29) is 22.8 Å². The van der Waals surface area contributed by atoms with Crippen LogP contribution in [-0.4, -0.2) is 64.5 Å². The average molecular weight is 744 g/mol. The quantitative estimate of drug-likeness (QED) is 0.183. The van der Waals surface area contributed by atoms with Crippen molar-refractivity contribution in [2.45, 2.75) is 72.1 Å². The van der Waals surface area contributed by atoms with Crippen molar-refractivity contribution in [3.8, 4) is 11.4 Å². The fourth-order valence-corrected chi connectivity index (χ4v) is 10.7. The minimum absolute atomic E-state index is 0.00792. The number of nitrogens with one attached hydrogen (secondary N) is 2. The first-order chi connectivity index (χ1) is 26.5. The van der Waals surface area contributed by atoms with Crippen molar-refractivity contribution >= 4 is 45.9 Å². The van der Waals surface area contributed by atoms with Crippen LogP contribution < -0.4 is 25.8 Å². The van der Waals surface area contributed by atoms with Crippen molar-refractivity contribution in [1.29, 1.82) is 0 Å². The molecule has 0 spiro atoms. The summed E-state index contributed by atoms with van der Waals surface area (Å²) < 4.78 is 7.43. The van der Waals surface area contributed by atoms with Crippen LogP contribution in [-0.2, 0) is 9.59 Å². The molecule has 9 rings (SSSR count). The normalized spacial score (nSPS) is 27.2. The third kappa shape index (κ3) is 7.18. The number of rotatable bonds is 9. The molecule has 3 saturated carbocycles. The lowest BCUT2D eigenvalue weighted by molar-refractivity contribution is -0.134. The monoisotopic (exact) mass is 743 g/mol. The number of methoxy groups -OCH3 is 1. The molecule has 2 amide bonds. The summed E-state index contributed by atoms with van der Waals surface area (Å²) in [4.78, 5) is 53.6. The lowest BCUT2D eigenvalue weighted by atomic mass is 9.58. The van der Waals surface area contributed by atoms with Gasteiger partial charge in [-0.25, -0.2) is 4.98 Å². The Labute approximate surface area is 322 Å². The van der Waals surface area contributed by atoms with Gasteiger partial charge in [-0.2, -0.15) is 4.98 Å². The number of benzene rings is 2. The SMILES string of the molecule is COc1cc(N2CC3CN(C(=O)CC4(C)CC5CC(C)CC(C5)C4)CC3C2)ccc1Nc1ncc2c(C)cc(=O)n(-c3cccc(NC(=O)C4CC4)c3)c2n1. The summed E-state index contributed by atoms with van der Waals surface area (Å²) in [5.74, 6) is 4.81. The molecule has 55 heavy (non-hydrogen) atoms. The fourth-order valence-electron chi connectivity index (χ4n) is 10.7. The number of aryl methyl sites for hydroxylation is 1. The van der Waals surface area contributed by atoms with Gasteiger partial charge in [-0.05, 0) is 111 Å². The van der Waals surface area contributed by atoms with E-state index in [1.807, 2.05) is 31.2 Å². The van der Waals surface area contributed by atoms with Gasteiger partial charge >= 0.3 is 0 Å². The van der Waals surface area contributed by atoms with Crippen LogP contribution in [0.25, 0.3) is 16.7 Å². The zero-order chi connectivity index (χ0) is 38.0. The van der Waals surface area contributed by atoms with Gasteiger partial charge < -0.3 is 25.2 Å². The number of aromatic nitrogens is 3. The Morgan fingerprint density at radius 3 is 2.40 bits per heavy atom. The van der Waals surface area contributed by atoms with E-state index in [4.69, 9.17) is 9.72 Å².